The second kappa shape index (κ2) is 5.90. The number of β-lactam (4-membered cyclic amide) rings is 1. The van der Waals surface area contributed by atoms with E-state index in [0.717, 1.165) is 16.7 Å². The van der Waals surface area contributed by atoms with Gasteiger partial charge in [-0.25, -0.2) is 18.6 Å². The van der Waals surface area contributed by atoms with Crippen LogP contribution < -0.4 is 5.43 Å². The van der Waals surface area contributed by atoms with E-state index in [9.17, 15) is 27.9 Å². The summed E-state index contributed by atoms with van der Waals surface area (Å²) in [6, 6.07) is 5.05. The average Bonchev–Trinajstić information content (AvgIpc) is 2.70. The van der Waals surface area contributed by atoms with E-state index in [1.165, 1.54) is 6.92 Å². The molecule has 0 unspecified atom stereocenters. The molecule has 0 aliphatic carbocycles. The zero-order valence-electron chi connectivity index (χ0n) is 14.0. The minimum absolute atomic E-state index is 0.245. The largest absolute Gasteiger partial charge is 0.480 e. The van der Waals surface area contributed by atoms with E-state index in [-0.39, 0.29) is 6.42 Å². The standard InChI is InChI=1S/C16H17N3O6S/c1-9-3-5-10(6-4-9)14(21)18-17-8-16(2)13(15(22)23)19-11(20)7-12(19)26(16,24)25/h3-6,8,12-13H,7H2,1-2H3,(H,18,21)(H,22,23)/b17-8+/t12-,13+,16+/m1/s1. The third kappa shape index (κ3) is 2.48. The van der Waals surface area contributed by atoms with Gasteiger partial charge in [-0.15, -0.1) is 0 Å². The van der Waals surface area contributed by atoms with Crippen molar-refractivity contribution in [1.82, 2.24) is 10.3 Å². The van der Waals surface area contributed by atoms with E-state index in [4.69, 9.17) is 0 Å². The minimum Gasteiger partial charge on any atom is -0.480 e. The molecule has 2 N–H and O–H groups in total. The normalized spacial score (nSPS) is 29.3. The molecule has 0 spiro atoms. The number of rotatable bonds is 4. The van der Waals surface area contributed by atoms with Crippen LogP contribution in [0.15, 0.2) is 29.4 Å². The predicted octanol–water partition coefficient (Wildman–Crippen LogP) is -0.0907. The van der Waals surface area contributed by atoms with Crippen LogP contribution in [-0.2, 0) is 19.4 Å². The molecule has 9 nitrogen and oxygen atoms in total. The van der Waals surface area contributed by atoms with Crippen molar-refractivity contribution >= 4 is 33.8 Å². The van der Waals surface area contributed by atoms with Gasteiger partial charge in [-0.1, -0.05) is 17.7 Å². The van der Waals surface area contributed by atoms with Crippen molar-refractivity contribution in [3.8, 4) is 0 Å². The molecule has 0 aromatic heterocycles. The molecule has 3 atom stereocenters. The van der Waals surface area contributed by atoms with Crippen LogP contribution >= 0.6 is 0 Å². The number of hydrazone groups is 1. The number of amides is 2. The number of hydrogen-bond acceptors (Lipinski definition) is 6. The van der Waals surface area contributed by atoms with E-state index in [1.54, 1.807) is 24.3 Å². The van der Waals surface area contributed by atoms with E-state index in [0.29, 0.717) is 5.56 Å². The number of carboxylic acid groups (broad SMARTS) is 1. The van der Waals surface area contributed by atoms with Crippen molar-refractivity contribution in [2.24, 2.45) is 5.10 Å². The number of sulfone groups is 1. The number of carbonyl (C=O) groups excluding carboxylic acids is 2. The number of carboxylic acids is 1. The van der Waals surface area contributed by atoms with Crippen LogP contribution in [0.3, 0.4) is 0 Å². The molecule has 26 heavy (non-hydrogen) atoms. The molecule has 1 aromatic rings. The van der Waals surface area contributed by atoms with Crippen molar-refractivity contribution in [1.29, 1.82) is 0 Å². The lowest BCUT2D eigenvalue weighted by Gasteiger charge is -2.35. The number of hydrogen-bond donors (Lipinski definition) is 2. The summed E-state index contributed by atoms with van der Waals surface area (Å²) in [6.07, 6.45) is 0.643. The molecular weight excluding hydrogens is 362 g/mol. The number of aryl methyl sites for hydroxylation is 1. The van der Waals surface area contributed by atoms with E-state index in [1.807, 2.05) is 6.92 Å². The molecule has 2 saturated heterocycles. The average molecular weight is 379 g/mol. The second-order valence-electron chi connectivity index (χ2n) is 6.49. The molecule has 1 aromatic carbocycles. The summed E-state index contributed by atoms with van der Waals surface area (Å²) in [5.74, 6) is -2.54. The molecule has 10 heteroatoms. The highest BCUT2D eigenvalue weighted by Crippen LogP contribution is 2.45. The minimum atomic E-state index is -4.00. The molecule has 2 amide bonds. The molecule has 3 rings (SSSR count). The topological polar surface area (TPSA) is 133 Å². The van der Waals surface area contributed by atoms with Crippen LogP contribution in [0.1, 0.15) is 29.3 Å². The summed E-state index contributed by atoms with van der Waals surface area (Å²) in [5, 5.41) is 11.9. The molecule has 2 aliphatic rings. The first-order chi connectivity index (χ1) is 12.1. The Morgan fingerprint density at radius 2 is 1.96 bits per heavy atom. The quantitative estimate of drug-likeness (QED) is 0.427. The third-order valence-electron chi connectivity index (χ3n) is 4.77. The molecule has 0 saturated carbocycles. The number of nitrogens with zero attached hydrogens (tertiary/aromatic N) is 2. The maximum absolute atomic E-state index is 12.7. The molecule has 2 fully saturated rings. The zero-order valence-corrected chi connectivity index (χ0v) is 14.9. The first-order valence-corrected chi connectivity index (χ1v) is 9.33. The fourth-order valence-electron chi connectivity index (χ4n) is 3.19. The van der Waals surface area contributed by atoms with Gasteiger partial charge in [-0.05, 0) is 26.0 Å². The van der Waals surface area contributed by atoms with Crippen LogP contribution in [0.25, 0.3) is 0 Å². The molecule has 0 bridgehead atoms. The maximum Gasteiger partial charge on any atom is 0.328 e. The van der Waals surface area contributed by atoms with Crippen molar-refractivity contribution in [2.75, 3.05) is 0 Å². The second-order valence-corrected chi connectivity index (χ2v) is 9.01. The Labute approximate surface area is 149 Å². The number of carbonyl (C=O) groups is 3. The fraction of sp³-hybridized carbons (Fsp3) is 0.375. The van der Waals surface area contributed by atoms with Crippen molar-refractivity contribution < 1.29 is 27.9 Å². The Kier molecular flexibility index (Phi) is 4.10. The van der Waals surface area contributed by atoms with Crippen LogP contribution in [0.5, 0.6) is 0 Å². The Morgan fingerprint density at radius 1 is 1.35 bits per heavy atom. The summed E-state index contributed by atoms with van der Waals surface area (Å²) >= 11 is 0. The lowest BCUT2D eigenvalue weighted by atomic mass is 9.97. The Morgan fingerprint density at radius 3 is 2.50 bits per heavy atom. The zero-order chi connectivity index (χ0) is 19.3. The monoisotopic (exact) mass is 379 g/mol. The fourth-order valence-corrected chi connectivity index (χ4v) is 5.40. The summed E-state index contributed by atoms with van der Waals surface area (Å²) in [7, 11) is -4.00. The lowest BCUT2D eigenvalue weighted by Crippen LogP contribution is -2.57. The highest BCUT2D eigenvalue weighted by Gasteiger charge is 2.69. The van der Waals surface area contributed by atoms with Gasteiger partial charge in [0.25, 0.3) is 5.91 Å². The Hall–Kier alpha value is -2.75. The summed E-state index contributed by atoms with van der Waals surface area (Å²) in [5.41, 5.74) is 3.48. The van der Waals surface area contributed by atoms with E-state index in [2.05, 4.69) is 10.5 Å². The van der Waals surface area contributed by atoms with Gasteiger partial charge in [0.2, 0.25) is 5.91 Å². The number of benzene rings is 1. The van der Waals surface area contributed by atoms with Crippen molar-refractivity contribution in [3.05, 3.63) is 35.4 Å². The van der Waals surface area contributed by atoms with Gasteiger partial charge in [-0.2, -0.15) is 5.10 Å². The predicted molar refractivity (Wildman–Crippen MR) is 91.1 cm³/mol. The van der Waals surface area contributed by atoms with Crippen LogP contribution in [-0.4, -0.2) is 58.6 Å². The molecule has 0 radical (unpaired) electrons. The Balaban J connectivity index is 1.85. The van der Waals surface area contributed by atoms with Gasteiger partial charge in [-0.3, -0.25) is 9.59 Å². The van der Waals surface area contributed by atoms with Crippen LogP contribution in [0, 0.1) is 6.92 Å². The van der Waals surface area contributed by atoms with Crippen molar-refractivity contribution in [3.63, 3.8) is 0 Å². The van der Waals surface area contributed by atoms with Crippen molar-refractivity contribution in [2.45, 2.75) is 36.4 Å². The Bertz CT molecular complexity index is 924. The highest BCUT2D eigenvalue weighted by atomic mass is 32.2. The molecule has 2 aliphatic heterocycles. The summed E-state index contributed by atoms with van der Waals surface area (Å²) < 4.78 is 23.4. The first-order valence-electron chi connectivity index (χ1n) is 7.78. The molecule has 2 heterocycles. The van der Waals surface area contributed by atoms with Gasteiger partial charge >= 0.3 is 5.97 Å². The molecular formula is C16H17N3O6S. The summed E-state index contributed by atoms with van der Waals surface area (Å²) in [4.78, 5) is 36.2. The molecule has 138 valence electrons. The van der Waals surface area contributed by atoms with Gasteiger partial charge in [0.15, 0.2) is 15.9 Å². The van der Waals surface area contributed by atoms with E-state index < -0.39 is 43.8 Å². The summed E-state index contributed by atoms with van der Waals surface area (Å²) in [6.45, 7) is 3.05. The number of fused-ring (bicyclic) bond motifs is 1. The first kappa shape index (κ1) is 18.1. The third-order valence-corrected chi connectivity index (χ3v) is 7.44. The lowest BCUT2D eigenvalue weighted by molar-refractivity contribution is -0.156. The van der Waals surface area contributed by atoms with Gasteiger partial charge < -0.3 is 10.0 Å². The van der Waals surface area contributed by atoms with Crippen LogP contribution in [0.4, 0.5) is 0 Å². The number of nitrogens with one attached hydrogen (secondary N) is 1. The van der Waals surface area contributed by atoms with Crippen LogP contribution in [0.2, 0.25) is 0 Å². The SMILES string of the molecule is Cc1ccc(C(=O)N/N=C/[C@@]2(C)[C@H](C(=O)O)N3C(=O)C[C@H]3S2(=O)=O)cc1. The maximum atomic E-state index is 12.7. The van der Waals surface area contributed by atoms with E-state index >= 15 is 0 Å². The number of aliphatic carboxylic acids is 1. The van der Waals surface area contributed by atoms with Gasteiger partial charge in [0.05, 0.1) is 6.42 Å². The highest BCUT2D eigenvalue weighted by molar-refractivity contribution is 7.94. The van der Waals surface area contributed by atoms with Gasteiger partial charge in [0, 0.05) is 11.8 Å². The van der Waals surface area contributed by atoms with Gasteiger partial charge in [0.1, 0.15) is 10.1 Å². The smallest absolute Gasteiger partial charge is 0.328 e.